The quantitative estimate of drug-likeness (QED) is 0.259. The van der Waals surface area contributed by atoms with Crippen LogP contribution in [0.3, 0.4) is 0 Å². The Morgan fingerprint density at radius 2 is 1.86 bits per heavy atom. The Bertz CT molecular complexity index is 1220. The molecule has 3 aromatic carbocycles. The molecule has 0 aliphatic heterocycles. The van der Waals surface area contributed by atoms with Gasteiger partial charge in [0.25, 0.3) is 5.69 Å². The highest BCUT2D eigenvalue weighted by molar-refractivity contribution is 5.84. The van der Waals surface area contributed by atoms with Gasteiger partial charge in [0, 0.05) is 23.9 Å². The molecular formula is C22H17N3O3. The second kappa shape index (κ2) is 7.08. The molecule has 138 valence electrons. The highest BCUT2D eigenvalue weighted by atomic mass is 16.6. The molecule has 0 unspecified atom stereocenters. The van der Waals surface area contributed by atoms with Crippen LogP contribution in [0.1, 0.15) is 16.7 Å². The van der Waals surface area contributed by atoms with E-state index in [9.17, 15) is 10.1 Å². The number of aryl methyl sites for hydroxylation is 2. The standard InChI is InChI=1S/C22H17N3O3/c1-14-9-10-17(22-24-21-15(2)5-3-8-20(21)28-22)12-19(14)23-13-16-6-4-7-18(11-16)25(26)27/h3-13H,1-2H3. The van der Waals surface area contributed by atoms with Crippen LogP contribution in [0.2, 0.25) is 0 Å². The number of rotatable bonds is 4. The summed E-state index contributed by atoms with van der Waals surface area (Å²) in [6.45, 7) is 3.96. The number of benzene rings is 3. The molecule has 28 heavy (non-hydrogen) atoms. The maximum atomic E-state index is 10.9. The summed E-state index contributed by atoms with van der Waals surface area (Å²) in [7, 11) is 0. The third-order valence-electron chi connectivity index (χ3n) is 4.51. The molecule has 6 heteroatoms. The summed E-state index contributed by atoms with van der Waals surface area (Å²) in [5.41, 5.74) is 5.92. The van der Waals surface area contributed by atoms with Gasteiger partial charge in [0.05, 0.1) is 10.6 Å². The summed E-state index contributed by atoms with van der Waals surface area (Å²) >= 11 is 0. The van der Waals surface area contributed by atoms with E-state index in [1.54, 1.807) is 18.3 Å². The van der Waals surface area contributed by atoms with Crippen LogP contribution in [-0.4, -0.2) is 16.1 Å². The van der Waals surface area contributed by atoms with Crippen molar-refractivity contribution in [3.8, 4) is 11.5 Å². The minimum Gasteiger partial charge on any atom is -0.436 e. The fraction of sp³-hybridized carbons (Fsp3) is 0.0909. The molecule has 0 saturated carbocycles. The average Bonchev–Trinajstić information content (AvgIpc) is 3.13. The van der Waals surface area contributed by atoms with E-state index in [-0.39, 0.29) is 5.69 Å². The second-order valence-electron chi connectivity index (χ2n) is 6.55. The van der Waals surface area contributed by atoms with Crippen molar-refractivity contribution in [2.75, 3.05) is 0 Å². The van der Waals surface area contributed by atoms with Gasteiger partial charge in [-0.05, 0) is 48.7 Å². The zero-order chi connectivity index (χ0) is 19.7. The molecule has 0 radical (unpaired) electrons. The Morgan fingerprint density at radius 1 is 1.04 bits per heavy atom. The number of aromatic nitrogens is 1. The molecule has 0 amide bonds. The van der Waals surface area contributed by atoms with Gasteiger partial charge in [0.15, 0.2) is 5.58 Å². The number of nitrogens with zero attached hydrogens (tertiary/aromatic N) is 3. The van der Waals surface area contributed by atoms with Crippen LogP contribution in [0.15, 0.2) is 70.1 Å². The topological polar surface area (TPSA) is 81.5 Å². The minimum absolute atomic E-state index is 0.0382. The predicted molar refractivity (Wildman–Crippen MR) is 109 cm³/mol. The van der Waals surface area contributed by atoms with Crippen LogP contribution in [0, 0.1) is 24.0 Å². The van der Waals surface area contributed by atoms with Gasteiger partial charge in [-0.3, -0.25) is 15.1 Å². The summed E-state index contributed by atoms with van der Waals surface area (Å²) in [5, 5.41) is 10.9. The predicted octanol–water partition coefficient (Wildman–Crippen LogP) is 5.77. The Labute approximate surface area is 161 Å². The van der Waals surface area contributed by atoms with Crippen LogP contribution in [-0.2, 0) is 0 Å². The van der Waals surface area contributed by atoms with Crippen LogP contribution in [0.5, 0.6) is 0 Å². The molecular weight excluding hydrogens is 354 g/mol. The number of hydrogen-bond donors (Lipinski definition) is 0. The first-order valence-corrected chi connectivity index (χ1v) is 8.77. The molecule has 4 aromatic rings. The first kappa shape index (κ1) is 17.6. The fourth-order valence-electron chi connectivity index (χ4n) is 2.95. The number of nitro benzene ring substituents is 1. The van der Waals surface area contributed by atoms with Crippen molar-refractivity contribution in [1.29, 1.82) is 0 Å². The molecule has 4 rings (SSSR count). The van der Waals surface area contributed by atoms with Gasteiger partial charge in [0.2, 0.25) is 5.89 Å². The maximum absolute atomic E-state index is 10.9. The van der Waals surface area contributed by atoms with Crippen molar-refractivity contribution in [2.24, 2.45) is 4.99 Å². The van der Waals surface area contributed by atoms with E-state index in [2.05, 4.69) is 9.98 Å². The van der Waals surface area contributed by atoms with Gasteiger partial charge < -0.3 is 4.42 Å². The number of para-hydroxylation sites is 1. The Balaban J connectivity index is 1.70. The van der Waals surface area contributed by atoms with E-state index in [1.165, 1.54) is 12.1 Å². The van der Waals surface area contributed by atoms with Crippen molar-refractivity contribution in [1.82, 2.24) is 4.98 Å². The second-order valence-corrected chi connectivity index (χ2v) is 6.55. The lowest BCUT2D eigenvalue weighted by atomic mass is 10.1. The summed E-state index contributed by atoms with van der Waals surface area (Å²) < 4.78 is 5.90. The van der Waals surface area contributed by atoms with Crippen molar-refractivity contribution >= 4 is 28.7 Å². The lowest BCUT2D eigenvalue weighted by Gasteiger charge is -2.02. The van der Waals surface area contributed by atoms with Crippen LogP contribution in [0.4, 0.5) is 11.4 Å². The zero-order valence-corrected chi connectivity index (χ0v) is 15.4. The molecule has 0 bridgehead atoms. The smallest absolute Gasteiger partial charge is 0.270 e. The third-order valence-corrected chi connectivity index (χ3v) is 4.51. The molecule has 0 fully saturated rings. The van der Waals surface area contributed by atoms with Gasteiger partial charge in [-0.15, -0.1) is 0 Å². The molecule has 0 spiro atoms. The van der Waals surface area contributed by atoms with Crippen molar-refractivity contribution in [3.05, 3.63) is 87.5 Å². The monoisotopic (exact) mass is 371 g/mol. The van der Waals surface area contributed by atoms with Gasteiger partial charge >= 0.3 is 0 Å². The van der Waals surface area contributed by atoms with E-state index in [0.29, 0.717) is 11.5 Å². The molecule has 0 aliphatic rings. The molecule has 0 aliphatic carbocycles. The first-order valence-electron chi connectivity index (χ1n) is 8.77. The van der Waals surface area contributed by atoms with Gasteiger partial charge in [-0.2, -0.15) is 0 Å². The van der Waals surface area contributed by atoms with E-state index in [0.717, 1.165) is 33.5 Å². The Hall–Kier alpha value is -3.80. The zero-order valence-electron chi connectivity index (χ0n) is 15.4. The minimum atomic E-state index is -0.418. The van der Waals surface area contributed by atoms with Crippen molar-refractivity contribution in [2.45, 2.75) is 13.8 Å². The molecule has 0 saturated heterocycles. The lowest BCUT2D eigenvalue weighted by Crippen LogP contribution is -1.89. The van der Waals surface area contributed by atoms with Crippen LogP contribution >= 0.6 is 0 Å². The van der Waals surface area contributed by atoms with Gasteiger partial charge in [0.1, 0.15) is 5.52 Å². The number of nitro groups is 1. The normalized spacial score (nSPS) is 11.4. The van der Waals surface area contributed by atoms with Crippen LogP contribution < -0.4 is 0 Å². The number of fused-ring (bicyclic) bond motifs is 1. The summed E-state index contributed by atoms with van der Waals surface area (Å²) in [5.74, 6) is 0.538. The number of hydrogen-bond acceptors (Lipinski definition) is 5. The summed E-state index contributed by atoms with van der Waals surface area (Å²) in [4.78, 5) is 19.6. The van der Waals surface area contributed by atoms with E-state index >= 15 is 0 Å². The number of non-ortho nitro benzene ring substituents is 1. The highest BCUT2D eigenvalue weighted by Crippen LogP contribution is 2.30. The lowest BCUT2D eigenvalue weighted by molar-refractivity contribution is -0.384. The van der Waals surface area contributed by atoms with E-state index < -0.39 is 4.92 Å². The van der Waals surface area contributed by atoms with Gasteiger partial charge in [-0.25, -0.2) is 4.98 Å². The fourth-order valence-corrected chi connectivity index (χ4v) is 2.95. The first-order chi connectivity index (χ1) is 13.5. The molecule has 1 aromatic heterocycles. The highest BCUT2D eigenvalue weighted by Gasteiger charge is 2.11. The number of oxazole rings is 1. The van der Waals surface area contributed by atoms with E-state index in [1.807, 2.05) is 50.2 Å². The maximum Gasteiger partial charge on any atom is 0.270 e. The molecule has 1 heterocycles. The van der Waals surface area contributed by atoms with Gasteiger partial charge in [-0.1, -0.05) is 30.3 Å². The average molecular weight is 371 g/mol. The molecule has 6 nitrogen and oxygen atoms in total. The van der Waals surface area contributed by atoms with Crippen molar-refractivity contribution in [3.63, 3.8) is 0 Å². The Kier molecular flexibility index (Phi) is 4.45. The largest absolute Gasteiger partial charge is 0.436 e. The summed E-state index contributed by atoms with van der Waals surface area (Å²) in [6.07, 6.45) is 1.62. The Morgan fingerprint density at radius 3 is 2.64 bits per heavy atom. The number of aliphatic imine (C=N–C) groups is 1. The van der Waals surface area contributed by atoms with Crippen LogP contribution in [0.25, 0.3) is 22.6 Å². The molecule has 0 atom stereocenters. The van der Waals surface area contributed by atoms with E-state index in [4.69, 9.17) is 4.42 Å². The molecule has 0 N–H and O–H groups in total. The van der Waals surface area contributed by atoms with Crippen molar-refractivity contribution < 1.29 is 9.34 Å². The third kappa shape index (κ3) is 3.40. The summed E-state index contributed by atoms with van der Waals surface area (Å²) in [6, 6.07) is 18.0. The SMILES string of the molecule is Cc1ccc(-c2nc3c(C)cccc3o2)cc1N=Cc1cccc([N+](=O)[O-])c1.